The number of carbonyl (C=O) groups is 2. The van der Waals surface area contributed by atoms with Crippen LogP contribution in [0.1, 0.15) is 32.0 Å². The minimum Gasteiger partial charge on any atom is -0.478 e. The SMILES string of the molecule is Cc1cc(NC(=O)c2cnsn2)cc(C(=O)O)c1C. The zero-order valence-corrected chi connectivity index (χ0v) is 11.1. The Kier molecular flexibility index (Phi) is 3.57. The Morgan fingerprint density at radius 1 is 1.32 bits per heavy atom. The number of anilines is 1. The fourth-order valence-electron chi connectivity index (χ4n) is 1.61. The van der Waals surface area contributed by atoms with Crippen LogP contribution in [0.25, 0.3) is 0 Å². The Balaban J connectivity index is 2.31. The average Bonchev–Trinajstić information content (AvgIpc) is 2.86. The molecule has 6 nitrogen and oxygen atoms in total. The summed E-state index contributed by atoms with van der Waals surface area (Å²) in [5, 5.41) is 11.7. The Morgan fingerprint density at radius 2 is 2.05 bits per heavy atom. The number of amides is 1. The molecule has 0 saturated carbocycles. The van der Waals surface area contributed by atoms with Crippen molar-refractivity contribution in [3.05, 3.63) is 40.7 Å². The van der Waals surface area contributed by atoms with Gasteiger partial charge in [-0.3, -0.25) is 4.79 Å². The molecule has 2 rings (SSSR count). The maximum atomic E-state index is 11.8. The van der Waals surface area contributed by atoms with Crippen molar-refractivity contribution in [2.24, 2.45) is 0 Å². The number of hydrogen-bond acceptors (Lipinski definition) is 5. The summed E-state index contributed by atoms with van der Waals surface area (Å²) < 4.78 is 7.55. The molecule has 7 heteroatoms. The summed E-state index contributed by atoms with van der Waals surface area (Å²) in [5.41, 5.74) is 2.29. The Hall–Kier alpha value is -2.28. The molecule has 0 aliphatic heterocycles. The number of carboxylic acid groups (broad SMARTS) is 1. The summed E-state index contributed by atoms with van der Waals surface area (Å²) >= 11 is 0.937. The van der Waals surface area contributed by atoms with Gasteiger partial charge in [-0.1, -0.05) is 0 Å². The molecule has 1 aromatic heterocycles. The van der Waals surface area contributed by atoms with Crippen molar-refractivity contribution in [2.75, 3.05) is 5.32 Å². The quantitative estimate of drug-likeness (QED) is 0.896. The van der Waals surface area contributed by atoms with Gasteiger partial charge in [0, 0.05) is 5.69 Å². The number of aryl methyl sites for hydroxylation is 1. The summed E-state index contributed by atoms with van der Waals surface area (Å²) in [6, 6.07) is 3.15. The Labute approximate surface area is 113 Å². The number of nitrogens with one attached hydrogen (secondary N) is 1. The largest absolute Gasteiger partial charge is 0.478 e. The van der Waals surface area contributed by atoms with Gasteiger partial charge in [-0.2, -0.15) is 8.75 Å². The van der Waals surface area contributed by atoms with Crippen LogP contribution in [0.2, 0.25) is 0 Å². The van der Waals surface area contributed by atoms with Gasteiger partial charge in [0.1, 0.15) is 0 Å². The van der Waals surface area contributed by atoms with Crippen molar-refractivity contribution >= 4 is 29.3 Å². The maximum Gasteiger partial charge on any atom is 0.336 e. The number of carboxylic acids is 1. The van der Waals surface area contributed by atoms with Gasteiger partial charge < -0.3 is 10.4 Å². The second kappa shape index (κ2) is 5.15. The number of aromatic nitrogens is 2. The highest BCUT2D eigenvalue weighted by Crippen LogP contribution is 2.20. The second-order valence-corrected chi connectivity index (χ2v) is 4.57. The van der Waals surface area contributed by atoms with Gasteiger partial charge in [-0.05, 0) is 37.1 Å². The van der Waals surface area contributed by atoms with Crippen LogP contribution in [0.15, 0.2) is 18.3 Å². The summed E-state index contributed by atoms with van der Waals surface area (Å²) in [6.45, 7) is 3.52. The lowest BCUT2D eigenvalue weighted by atomic mass is 10.0. The zero-order valence-electron chi connectivity index (χ0n) is 10.3. The van der Waals surface area contributed by atoms with E-state index in [1.165, 1.54) is 12.3 Å². The molecule has 0 bridgehead atoms. The van der Waals surface area contributed by atoms with Crippen LogP contribution in [0.4, 0.5) is 5.69 Å². The predicted molar refractivity (Wildman–Crippen MR) is 70.7 cm³/mol. The monoisotopic (exact) mass is 277 g/mol. The van der Waals surface area contributed by atoms with Crippen LogP contribution in [0.5, 0.6) is 0 Å². The third-order valence-corrected chi connectivity index (χ3v) is 3.23. The van der Waals surface area contributed by atoms with Crippen molar-refractivity contribution in [1.82, 2.24) is 8.75 Å². The van der Waals surface area contributed by atoms with E-state index in [9.17, 15) is 9.59 Å². The molecule has 0 fully saturated rings. The molecule has 0 aliphatic rings. The van der Waals surface area contributed by atoms with Gasteiger partial charge in [0.25, 0.3) is 5.91 Å². The zero-order chi connectivity index (χ0) is 14.0. The summed E-state index contributed by atoms with van der Waals surface area (Å²) in [4.78, 5) is 22.9. The molecule has 0 unspecified atom stereocenters. The minimum absolute atomic E-state index is 0.173. The topological polar surface area (TPSA) is 92.2 Å². The summed E-state index contributed by atoms with van der Waals surface area (Å²) in [7, 11) is 0. The molecule has 0 radical (unpaired) electrons. The smallest absolute Gasteiger partial charge is 0.336 e. The molecule has 1 aromatic carbocycles. The van der Waals surface area contributed by atoms with E-state index in [2.05, 4.69) is 14.1 Å². The first-order valence-electron chi connectivity index (χ1n) is 5.42. The van der Waals surface area contributed by atoms with Gasteiger partial charge in [0.2, 0.25) is 0 Å². The molecular weight excluding hydrogens is 266 g/mol. The fourth-order valence-corrected chi connectivity index (χ4v) is 2.03. The molecular formula is C12H11N3O3S. The minimum atomic E-state index is -1.02. The number of hydrogen-bond donors (Lipinski definition) is 2. The highest BCUT2D eigenvalue weighted by molar-refractivity contribution is 6.99. The molecule has 1 amide bonds. The van der Waals surface area contributed by atoms with Crippen LogP contribution >= 0.6 is 11.7 Å². The van der Waals surface area contributed by atoms with Gasteiger partial charge in [0.05, 0.1) is 23.5 Å². The number of nitrogens with zero attached hydrogens (tertiary/aromatic N) is 2. The van der Waals surface area contributed by atoms with E-state index < -0.39 is 11.9 Å². The van der Waals surface area contributed by atoms with Crippen LogP contribution in [-0.4, -0.2) is 25.7 Å². The fraction of sp³-hybridized carbons (Fsp3) is 0.167. The van der Waals surface area contributed by atoms with Crippen LogP contribution in [0.3, 0.4) is 0 Å². The van der Waals surface area contributed by atoms with E-state index in [0.29, 0.717) is 11.3 Å². The number of carbonyl (C=O) groups excluding carboxylic acids is 1. The molecule has 0 spiro atoms. The summed E-state index contributed by atoms with van der Waals surface area (Å²) in [5.74, 6) is -1.43. The standard InChI is InChI=1S/C12H11N3O3S/c1-6-3-8(4-9(7(6)2)12(17)18)14-11(16)10-5-13-19-15-10/h3-5H,1-2H3,(H,14,16)(H,17,18). The van der Waals surface area contributed by atoms with Gasteiger partial charge in [-0.15, -0.1) is 0 Å². The van der Waals surface area contributed by atoms with E-state index >= 15 is 0 Å². The summed E-state index contributed by atoms with van der Waals surface area (Å²) in [6.07, 6.45) is 1.36. The molecule has 0 atom stereocenters. The van der Waals surface area contributed by atoms with Crippen molar-refractivity contribution in [2.45, 2.75) is 13.8 Å². The Bertz CT molecular complexity index is 638. The van der Waals surface area contributed by atoms with Crippen molar-refractivity contribution < 1.29 is 14.7 Å². The van der Waals surface area contributed by atoms with Gasteiger partial charge in [-0.25, -0.2) is 4.79 Å². The molecule has 19 heavy (non-hydrogen) atoms. The van der Waals surface area contributed by atoms with E-state index in [1.54, 1.807) is 19.9 Å². The Morgan fingerprint density at radius 3 is 2.63 bits per heavy atom. The third kappa shape index (κ3) is 2.76. The van der Waals surface area contributed by atoms with Crippen molar-refractivity contribution in [1.29, 1.82) is 0 Å². The lowest BCUT2D eigenvalue weighted by Gasteiger charge is -2.09. The van der Waals surface area contributed by atoms with Crippen molar-refractivity contribution in [3.63, 3.8) is 0 Å². The van der Waals surface area contributed by atoms with E-state index in [-0.39, 0.29) is 11.3 Å². The van der Waals surface area contributed by atoms with Gasteiger partial charge in [0.15, 0.2) is 5.69 Å². The van der Waals surface area contributed by atoms with E-state index in [1.807, 2.05) is 0 Å². The first-order chi connectivity index (χ1) is 8.99. The highest BCUT2D eigenvalue weighted by Gasteiger charge is 2.14. The lowest BCUT2D eigenvalue weighted by molar-refractivity contribution is 0.0695. The lowest BCUT2D eigenvalue weighted by Crippen LogP contribution is -2.13. The average molecular weight is 277 g/mol. The predicted octanol–water partition coefficient (Wildman–Crippen LogP) is 2.11. The normalized spacial score (nSPS) is 10.2. The molecule has 0 saturated heterocycles. The van der Waals surface area contributed by atoms with Crippen LogP contribution in [-0.2, 0) is 0 Å². The van der Waals surface area contributed by atoms with Crippen LogP contribution < -0.4 is 5.32 Å². The first-order valence-corrected chi connectivity index (χ1v) is 6.15. The van der Waals surface area contributed by atoms with E-state index in [4.69, 9.17) is 5.11 Å². The molecule has 98 valence electrons. The molecule has 0 aliphatic carbocycles. The van der Waals surface area contributed by atoms with Crippen LogP contribution in [0, 0.1) is 13.8 Å². The molecule has 1 heterocycles. The van der Waals surface area contributed by atoms with E-state index in [0.717, 1.165) is 17.3 Å². The number of benzene rings is 1. The maximum absolute atomic E-state index is 11.8. The van der Waals surface area contributed by atoms with Crippen molar-refractivity contribution in [3.8, 4) is 0 Å². The highest BCUT2D eigenvalue weighted by atomic mass is 32.1. The number of aromatic carboxylic acids is 1. The van der Waals surface area contributed by atoms with Gasteiger partial charge >= 0.3 is 5.97 Å². The second-order valence-electron chi connectivity index (χ2n) is 4.02. The third-order valence-electron chi connectivity index (χ3n) is 2.75. The number of rotatable bonds is 3. The molecule has 2 N–H and O–H groups in total. The first kappa shape index (κ1) is 13.2. The molecule has 2 aromatic rings.